The van der Waals surface area contributed by atoms with Crippen molar-refractivity contribution >= 4 is 26.7 Å². The van der Waals surface area contributed by atoms with Crippen LogP contribution < -0.4 is 10.4 Å². The second-order valence-corrected chi connectivity index (χ2v) is 12.1. The number of fused-ring (bicyclic) bond motifs is 1. The Kier molecular flexibility index (Phi) is 6.80. The molecule has 1 aromatic heterocycles. The molecule has 1 aliphatic rings. The van der Waals surface area contributed by atoms with Crippen LogP contribution in [-0.4, -0.2) is 41.5 Å². The number of nitrogens with zero attached hydrogens (tertiary/aromatic N) is 2. The van der Waals surface area contributed by atoms with Crippen molar-refractivity contribution in [3.05, 3.63) is 58.3 Å². The van der Waals surface area contributed by atoms with E-state index in [4.69, 9.17) is 0 Å². The topological polar surface area (TPSA) is 87.4 Å². The highest BCUT2D eigenvalue weighted by Crippen LogP contribution is 2.37. The molecule has 36 heavy (non-hydrogen) atoms. The predicted octanol–water partition coefficient (Wildman–Crippen LogP) is 4.90. The maximum Gasteiger partial charge on any atom is 0.387 e. The number of benzene rings is 2. The third-order valence-corrected chi connectivity index (χ3v) is 8.37. The van der Waals surface area contributed by atoms with Crippen LogP contribution in [0.4, 0.5) is 13.2 Å². The van der Waals surface area contributed by atoms with Crippen molar-refractivity contribution in [1.29, 1.82) is 0 Å². The lowest BCUT2D eigenvalue weighted by Gasteiger charge is -2.32. The molecule has 1 saturated heterocycles. The van der Waals surface area contributed by atoms with Gasteiger partial charge in [0, 0.05) is 24.1 Å². The molecule has 7 nitrogen and oxygen atoms in total. The minimum atomic E-state index is -3.11. The molecule has 4 rings (SSSR count). The van der Waals surface area contributed by atoms with E-state index >= 15 is 0 Å². The number of alkyl halides is 2. The molecule has 3 aromatic rings. The number of aromatic nitrogens is 2. The van der Waals surface area contributed by atoms with Crippen molar-refractivity contribution in [1.82, 2.24) is 9.13 Å². The molecule has 0 aliphatic carbocycles. The minimum absolute atomic E-state index is 0.0471. The van der Waals surface area contributed by atoms with E-state index in [1.165, 1.54) is 16.7 Å². The van der Waals surface area contributed by atoms with Crippen molar-refractivity contribution in [2.75, 3.05) is 11.5 Å². The summed E-state index contributed by atoms with van der Waals surface area (Å²) in [6.07, 6.45) is 0.946. The molecule has 2 aromatic carbocycles. The van der Waals surface area contributed by atoms with Crippen molar-refractivity contribution in [3.63, 3.8) is 0 Å². The summed E-state index contributed by atoms with van der Waals surface area (Å²) in [6.45, 7) is 2.30. The molecule has 194 valence electrons. The van der Waals surface area contributed by atoms with Gasteiger partial charge in [0.2, 0.25) is 0 Å². The fourth-order valence-electron chi connectivity index (χ4n) is 4.66. The molecule has 0 radical (unpaired) electrons. The van der Waals surface area contributed by atoms with Gasteiger partial charge in [-0.3, -0.25) is 13.9 Å². The van der Waals surface area contributed by atoms with E-state index in [0.717, 1.165) is 22.8 Å². The number of ether oxygens (including phenoxy) is 1. The lowest BCUT2D eigenvalue weighted by atomic mass is 9.78. The molecular weight excluding hydrogens is 497 g/mol. The van der Waals surface area contributed by atoms with Crippen LogP contribution >= 0.6 is 0 Å². The number of imidazole rings is 1. The Hall–Kier alpha value is -3.08. The largest absolute Gasteiger partial charge is 0.435 e. The summed E-state index contributed by atoms with van der Waals surface area (Å²) in [5.74, 6) is -1.19. The number of hydrogen-bond donors (Lipinski definition) is 0. The Morgan fingerprint density at radius 1 is 1.08 bits per heavy atom. The van der Waals surface area contributed by atoms with E-state index in [1.54, 1.807) is 19.9 Å². The molecule has 0 N–H and O–H groups in total. The predicted molar refractivity (Wildman–Crippen MR) is 129 cm³/mol. The first kappa shape index (κ1) is 26.0. The molecule has 0 saturated carbocycles. The molecule has 1 fully saturated rings. The molecule has 0 bridgehead atoms. The van der Waals surface area contributed by atoms with Crippen molar-refractivity contribution < 1.29 is 31.1 Å². The summed E-state index contributed by atoms with van der Waals surface area (Å²) in [5, 5.41) is 0. The van der Waals surface area contributed by atoms with Gasteiger partial charge in [-0.25, -0.2) is 17.6 Å². The number of halogens is 3. The van der Waals surface area contributed by atoms with Crippen LogP contribution in [0.15, 0.2) is 41.2 Å². The summed E-state index contributed by atoms with van der Waals surface area (Å²) < 4.78 is 70.6. The van der Waals surface area contributed by atoms with Crippen LogP contribution in [0, 0.1) is 11.2 Å². The first-order chi connectivity index (χ1) is 16.8. The quantitative estimate of drug-likeness (QED) is 0.410. The number of ketones is 1. The highest BCUT2D eigenvalue weighted by atomic mass is 32.2. The molecule has 11 heteroatoms. The van der Waals surface area contributed by atoms with Gasteiger partial charge in [-0.15, -0.1) is 0 Å². The molecule has 0 spiro atoms. The highest BCUT2D eigenvalue weighted by Gasteiger charge is 2.35. The molecule has 1 aliphatic heterocycles. The highest BCUT2D eigenvalue weighted by molar-refractivity contribution is 7.91. The van der Waals surface area contributed by atoms with Gasteiger partial charge >= 0.3 is 12.3 Å². The summed E-state index contributed by atoms with van der Waals surface area (Å²) in [6, 6.07) is 7.30. The Morgan fingerprint density at radius 3 is 2.36 bits per heavy atom. The number of sulfone groups is 1. The maximum absolute atomic E-state index is 14.8. The van der Waals surface area contributed by atoms with Crippen LogP contribution in [0.2, 0.25) is 0 Å². The zero-order valence-corrected chi connectivity index (χ0v) is 20.9. The van der Waals surface area contributed by atoms with Crippen molar-refractivity contribution in [2.45, 2.75) is 52.7 Å². The van der Waals surface area contributed by atoms with Gasteiger partial charge in [0.05, 0.1) is 28.2 Å². The lowest BCUT2D eigenvalue weighted by Crippen LogP contribution is -2.33. The number of rotatable bonds is 7. The Balaban J connectivity index is 1.77. The zero-order valence-electron chi connectivity index (χ0n) is 20.1. The smallest absolute Gasteiger partial charge is 0.387 e. The van der Waals surface area contributed by atoms with Gasteiger partial charge in [-0.1, -0.05) is 6.92 Å². The third-order valence-electron chi connectivity index (χ3n) is 6.72. The monoisotopic (exact) mass is 524 g/mol. The van der Waals surface area contributed by atoms with E-state index < -0.39 is 33.4 Å². The van der Waals surface area contributed by atoms with Gasteiger partial charge < -0.3 is 4.74 Å². The van der Waals surface area contributed by atoms with Gasteiger partial charge in [0.15, 0.2) is 5.78 Å². The fourth-order valence-corrected chi connectivity index (χ4v) is 6.47. The summed E-state index contributed by atoms with van der Waals surface area (Å²) in [7, 11) is -3.07. The van der Waals surface area contributed by atoms with E-state index in [-0.39, 0.29) is 41.2 Å². The first-order valence-electron chi connectivity index (χ1n) is 11.6. The molecule has 0 unspecified atom stereocenters. The average molecular weight is 525 g/mol. The van der Waals surface area contributed by atoms with Crippen LogP contribution in [0.5, 0.6) is 5.75 Å². The second kappa shape index (κ2) is 9.42. The first-order valence-corrected chi connectivity index (χ1v) is 13.4. The Morgan fingerprint density at radius 2 is 1.75 bits per heavy atom. The van der Waals surface area contributed by atoms with E-state index in [0.29, 0.717) is 29.4 Å². The van der Waals surface area contributed by atoms with Gasteiger partial charge in [0.1, 0.15) is 21.4 Å². The van der Waals surface area contributed by atoms with Crippen molar-refractivity contribution in [3.8, 4) is 11.4 Å². The zero-order chi connectivity index (χ0) is 26.4. The molecule has 0 amide bonds. The molecule has 2 heterocycles. The Labute approximate surface area is 206 Å². The van der Waals surface area contributed by atoms with E-state index in [1.807, 2.05) is 6.92 Å². The van der Waals surface area contributed by atoms with E-state index in [2.05, 4.69) is 4.74 Å². The summed E-state index contributed by atoms with van der Waals surface area (Å²) >= 11 is 0. The number of hydrogen-bond acceptors (Lipinski definition) is 5. The lowest BCUT2D eigenvalue weighted by molar-refractivity contribution is -0.0498. The van der Waals surface area contributed by atoms with Gasteiger partial charge in [0.25, 0.3) is 0 Å². The van der Waals surface area contributed by atoms with Crippen LogP contribution in [0.3, 0.4) is 0 Å². The van der Waals surface area contributed by atoms with Gasteiger partial charge in [-0.05, 0) is 62.4 Å². The fraction of sp³-hybridized carbons (Fsp3) is 0.440. The van der Waals surface area contributed by atoms with Crippen molar-refractivity contribution in [2.24, 2.45) is 5.41 Å². The van der Waals surface area contributed by atoms with Crippen LogP contribution in [0.25, 0.3) is 16.7 Å². The average Bonchev–Trinajstić information content (AvgIpc) is 3.08. The molecule has 0 atom stereocenters. The van der Waals surface area contributed by atoms with Crippen LogP contribution in [-0.2, 0) is 9.84 Å². The summed E-state index contributed by atoms with van der Waals surface area (Å²) in [5.41, 5.74) is -0.265. The SMILES string of the molecule is CC(C)n1c(=O)n(-c2cc(OC(F)F)ccc2F)c2ccc(C(=O)CC3(C)CCS(=O)(=O)CC3)cc21. The summed E-state index contributed by atoms with van der Waals surface area (Å²) in [4.78, 5) is 26.5. The van der Waals surface area contributed by atoms with Crippen LogP contribution in [0.1, 0.15) is 56.4 Å². The normalized spacial score (nSPS) is 17.1. The van der Waals surface area contributed by atoms with E-state index in [9.17, 15) is 31.2 Å². The van der Waals surface area contributed by atoms with Gasteiger partial charge in [-0.2, -0.15) is 8.78 Å². The minimum Gasteiger partial charge on any atom is -0.435 e. The Bertz CT molecular complexity index is 1480. The maximum atomic E-state index is 14.8. The molecular formula is C25H27F3N2O5S. The third kappa shape index (κ3) is 5.07. The second-order valence-electron chi connectivity index (χ2n) is 9.84. The number of Topliss-reactive ketones (excluding diaryl/α,β-unsaturated/α-hetero) is 1. The number of carbonyl (C=O) groups excluding carboxylic acids is 1. The standard InChI is InChI=1S/C25H27F3N2O5S/c1-15(2)29-21-12-16(22(31)14-25(3)8-10-36(33,34)11-9-25)4-7-19(21)30(24(29)32)20-13-17(35-23(27)28)5-6-18(20)26/h4-7,12-13,15,23H,8-11,14H2,1-3H3. The number of carbonyl (C=O) groups is 1.